The van der Waals surface area contributed by atoms with Crippen LogP contribution >= 0.6 is 11.3 Å². The van der Waals surface area contributed by atoms with Gasteiger partial charge in [0.25, 0.3) is 5.91 Å². The van der Waals surface area contributed by atoms with Crippen LogP contribution in [0.2, 0.25) is 0 Å². The van der Waals surface area contributed by atoms with Gasteiger partial charge in [-0.05, 0) is 25.1 Å². The molecule has 2 aromatic rings. The van der Waals surface area contributed by atoms with E-state index in [1.54, 1.807) is 24.5 Å². The van der Waals surface area contributed by atoms with Crippen molar-refractivity contribution < 1.29 is 9.53 Å². The van der Waals surface area contributed by atoms with Crippen LogP contribution in [0.15, 0.2) is 24.3 Å². The van der Waals surface area contributed by atoms with Gasteiger partial charge in [0, 0.05) is 43.2 Å². The molecule has 1 saturated heterocycles. The molecule has 6 nitrogen and oxygen atoms in total. The molecule has 1 aromatic carbocycles. The SMILES string of the molecule is COc1cccc(C(=O)N2CCN(Cc3sc(N)nc3C)CC2)c1. The van der Waals surface area contributed by atoms with Crippen LogP contribution in [-0.4, -0.2) is 54.0 Å². The van der Waals surface area contributed by atoms with Gasteiger partial charge in [0.1, 0.15) is 5.75 Å². The number of hydrogen-bond donors (Lipinski definition) is 1. The molecule has 1 aromatic heterocycles. The fraction of sp³-hybridized carbons (Fsp3) is 0.412. The van der Waals surface area contributed by atoms with E-state index in [1.807, 2.05) is 30.0 Å². The van der Waals surface area contributed by atoms with E-state index in [0.29, 0.717) is 16.4 Å². The Morgan fingerprint density at radius 2 is 2.08 bits per heavy atom. The fourth-order valence-corrected chi connectivity index (χ4v) is 3.72. The zero-order chi connectivity index (χ0) is 17.1. The second-order valence-electron chi connectivity index (χ2n) is 5.86. The highest BCUT2D eigenvalue weighted by Crippen LogP contribution is 2.22. The van der Waals surface area contributed by atoms with Crippen molar-refractivity contribution in [2.24, 2.45) is 0 Å². The number of piperazine rings is 1. The summed E-state index contributed by atoms with van der Waals surface area (Å²) < 4.78 is 5.20. The van der Waals surface area contributed by atoms with E-state index in [-0.39, 0.29) is 5.91 Å². The second kappa shape index (κ2) is 7.19. The van der Waals surface area contributed by atoms with Gasteiger partial charge in [0.05, 0.1) is 12.8 Å². The Bertz CT molecular complexity index is 723. The highest BCUT2D eigenvalue weighted by atomic mass is 32.1. The lowest BCUT2D eigenvalue weighted by atomic mass is 10.1. The van der Waals surface area contributed by atoms with Crippen molar-refractivity contribution in [3.05, 3.63) is 40.4 Å². The van der Waals surface area contributed by atoms with Gasteiger partial charge in [-0.1, -0.05) is 6.07 Å². The first kappa shape index (κ1) is 16.7. The molecule has 0 atom stereocenters. The van der Waals surface area contributed by atoms with Crippen LogP contribution < -0.4 is 10.5 Å². The highest BCUT2D eigenvalue weighted by molar-refractivity contribution is 7.15. The molecule has 24 heavy (non-hydrogen) atoms. The molecule has 0 saturated carbocycles. The van der Waals surface area contributed by atoms with Crippen LogP contribution in [0.25, 0.3) is 0 Å². The number of benzene rings is 1. The van der Waals surface area contributed by atoms with Gasteiger partial charge in [-0.25, -0.2) is 4.98 Å². The maximum absolute atomic E-state index is 12.6. The van der Waals surface area contributed by atoms with Gasteiger partial charge in [-0.3, -0.25) is 9.69 Å². The van der Waals surface area contributed by atoms with E-state index in [1.165, 1.54) is 4.88 Å². The fourth-order valence-electron chi connectivity index (χ4n) is 2.85. The molecule has 2 heterocycles. The topological polar surface area (TPSA) is 71.7 Å². The number of aromatic nitrogens is 1. The number of nitrogen functional groups attached to an aromatic ring is 1. The third-order valence-corrected chi connectivity index (χ3v) is 5.22. The number of amides is 1. The van der Waals surface area contributed by atoms with Crippen molar-refractivity contribution in [2.75, 3.05) is 39.0 Å². The molecule has 0 radical (unpaired) electrons. The molecule has 1 amide bonds. The second-order valence-corrected chi connectivity index (χ2v) is 6.98. The number of aryl methyl sites for hydroxylation is 1. The van der Waals surface area contributed by atoms with Crippen LogP contribution in [0.3, 0.4) is 0 Å². The van der Waals surface area contributed by atoms with E-state index in [9.17, 15) is 4.79 Å². The van der Waals surface area contributed by atoms with Gasteiger partial charge in [0.15, 0.2) is 5.13 Å². The molecule has 0 aliphatic carbocycles. The van der Waals surface area contributed by atoms with Gasteiger partial charge < -0.3 is 15.4 Å². The molecule has 0 unspecified atom stereocenters. The average molecular weight is 346 g/mol. The molecule has 1 aliphatic rings. The van der Waals surface area contributed by atoms with Crippen molar-refractivity contribution in [3.63, 3.8) is 0 Å². The molecule has 1 aliphatic heterocycles. The number of rotatable bonds is 4. The van der Waals surface area contributed by atoms with Crippen LogP contribution in [0.1, 0.15) is 20.9 Å². The minimum Gasteiger partial charge on any atom is -0.497 e. The lowest BCUT2D eigenvalue weighted by Gasteiger charge is -2.34. The van der Waals surface area contributed by atoms with Gasteiger partial charge in [-0.2, -0.15) is 0 Å². The van der Waals surface area contributed by atoms with Crippen molar-refractivity contribution in [1.82, 2.24) is 14.8 Å². The Kier molecular flexibility index (Phi) is 5.01. The monoisotopic (exact) mass is 346 g/mol. The third-order valence-electron chi connectivity index (χ3n) is 4.25. The molecule has 0 bridgehead atoms. The Hall–Kier alpha value is -2.12. The Balaban J connectivity index is 1.58. The molecule has 3 rings (SSSR count). The maximum Gasteiger partial charge on any atom is 0.254 e. The lowest BCUT2D eigenvalue weighted by molar-refractivity contribution is 0.0629. The summed E-state index contributed by atoms with van der Waals surface area (Å²) in [7, 11) is 1.61. The highest BCUT2D eigenvalue weighted by Gasteiger charge is 2.23. The first-order valence-electron chi connectivity index (χ1n) is 7.94. The van der Waals surface area contributed by atoms with Gasteiger partial charge in [-0.15, -0.1) is 11.3 Å². The lowest BCUT2D eigenvalue weighted by Crippen LogP contribution is -2.48. The predicted octanol–water partition coefficient (Wildman–Crippen LogP) is 2.00. The Morgan fingerprint density at radius 3 is 2.71 bits per heavy atom. The standard InChI is InChI=1S/C17H22N4O2S/c1-12-15(24-17(18)19-12)11-20-6-8-21(9-7-20)16(22)13-4-3-5-14(10-13)23-2/h3-5,10H,6-9,11H2,1-2H3,(H2,18,19). The van der Waals surface area contributed by atoms with Crippen LogP contribution in [-0.2, 0) is 6.54 Å². The Morgan fingerprint density at radius 1 is 1.33 bits per heavy atom. The number of anilines is 1. The summed E-state index contributed by atoms with van der Waals surface area (Å²) in [6, 6.07) is 7.32. The quantitative estimate of drug-likeness (QED) is 0.917. The van der Waals surface area contributed by atoms with E-state index < -0.39 is 0 Å². The Labute approximate surface area is 145 Å². The van der Waals surface area contributed by atoms with Crippen LogP contribution in [0.4, 0.5) is 5.13 Å². The first-order chi connectivity index (χ1) is 11.6. The number of thiazole rings is 1. The molecule has 128 valence electrons. The van der Waals surface area contributed by atoms with Crippen molar-refractivity contribution in [2.45, 2.75) is 13.5 Å². The molecule has 0 spiro atoms. The van der Waals surface area contributed by atoms with Crippen molar-refractivity contribution in [1.29, 1.82) is 0 Å². The largest absolute Gasteiger partial charge is 0.497 e. The minimum atomic E-state index is 0.0618. The summed E-state index contributed by atoms with van der Waals surface area (Å²) in [5.41, 5.74) is 7.44. The summed E-state index contributed by atoms with van der Waals surface area (Å²) in [5.74, 6) is 0.768. The average Bonchev–Trinajstić information content (AvgIpc) is 2.92. The number of carbonyl (C=O) groups excluding carboxylic acids is 1. The minimum absolute atomic E-state index is 0.0618. The summed E-state index contributed by atoms with van der Waals surface area (Å²) in [6.45, 7) is 6.00. The summed E-state index contributed by atoms with van der Waals surface area (Å²) in [6.07, 6.45) is 0. The molecular weight excluding hydrogens is 324 g/mol. The van der Waals surface area contributed by atoms with E-state index in [0.717, 1.165) is 38.4 Å². The molecule has 2 N–H and O–H groups in total. The number of nitrogens with two attached hydrogens (primary N) is 1. The zero-order valence-electron chi connectivity index (χ0n) is 14.0. The van der Waals surface area contributed by atoms with Gasteiger partial charge >= 0.3 is 0 Å². The first-order valence-corrected chi connectivity index (χ1v) is 8.76. The summed E-state index contributed by atoms with van der Waals surface area (Å²) in [5, 5.41) is 0.620. The zero-order valence-corrected chi connectivity index (χ0v) is 14.8. The molecule has 7 heteroatoms. The summed E-state index contributed by atoms with van der Waals surface area (Å²) in [4.78, 5) is 22.3. The van der Waals surface area contributed by atoms with Crippen LogP contribution in [0.5, 0.6) is 5.75 Å². The molecular formula is C17H22N4O2S. The van der Waals surface area contributed by atoms with Gasteiger partial charge in [0.2, 0.25) is 0 Å². The van der Waals surface area contributed by atoms with Crippen molar-refractivity contribution in [3.8, 4) is 5.75 Å². The molecule has 1 fully saturated rings. The number of nitrogens with zero attached hydrogens (tertiary/aromatic N) is 3. The van der Waals surface area contributed by atoms with Crippen LogP contribution in [0, 0.1) is 6.92 Å². The number of carbonyl (C=O) groups is 1. The predicted molar refractivity (Wildman–Crippen MR) is 95.4 cm³/mol. The summed E-state index contributed by atoms with van der Waals surface area (Å²) >= 11 is 1.55. The van der Waals surface area contributed by atoms with E-state index >= 15 is 0 Å². The number of ether oxygens (including phenoxy) is 1. The maximum atomic E-state index is 12.6. The van der Waals surface area contributed by atoms with E-state index in [4.69, 9.17) is 10.5 Å². The smallest absolute Gasteiger partial charge is 0.254 e. The number of methoxy groups -OCH3 is 1. The third kappa shape index (κ3) is 3.68. The van der Waals surface area contributed by atoms with Crippen molar-refractivity contribution >= 4 is 22.4 Å². The number of hydrogen-bond acceptors (Lipinski definition) is 6. The normalized spacial score (nSPS) is 15.5. The van der Waals surface area contributed by atoms with E-state index in [2.05, 4.69) is 9.88 Å².